The van der Waals surface area contributed by atoms with E-state index in [2.05, 4.69) is 0 Å². The van der Waals surface area contributed by atoms with Crippen LogP contribution in [0.3, 0.4) is 0 Å². The number of hydrogen-bond donors (Lipinski definition) is 0. The third kappa shape index (κ3) is 3.60. The lowest BCUT2D eigenvalue weighted by Crippen LogP contribution is -2.09. The fourth-order valence-corrected chi connectivity index (χ4v) is 3.52. The maximum atomic E-state index is 12.4. The average molecular weight is 372 g/mol. The topological polar surface area (TPSA) is 91.4 Å². The molecule has 3 aromatic rings. The second kappa shape index (κ2) is 6.64. The highest BCUT2D eigenvalue weighted by Gasteiger charge is 2.17. The Balaban J connectivity index is 1.95. The van der Waals surface area contributed by atoms with E-state index in [-0.39, 0.29) is 10.6 Å². The minimum absolute atomic E-state index is 0.0738. The van der Waals surface area contributed by atoms with Gasteiger partial charge in [0.25, 0.3) is 0 Å². The lowest BCUT2D eigenvalue weighted by atomic mass is 10.1. The van der Waals surface area contributed by atoms with E-state index in [0.717, 1.165) is 17.1 Å². The van der Waals surface area contributed by atoms with Gasteiger partial charge in [-0.2, -0.15) is 8.42 Å². The molecule has 2 aromatic carbocycles. The highest BCUT2D eigenvalue weighted by molar-refractivity contribution is 7.87. The van der Waals surface area contributed by atoms with E-state index in [9.17, 15) is 18.5 Å². The molecule has 0 N–H and O–H groups in total. The molecular formula is C18H16N2O5S. The second-order valence-corrected chi connectivity index (χ2v) is 7.37. The Kier molecular flexibility index (Phi) is 4.52. The van der Waals surface area contributed by atoms with E-state index >= 15 is 0 Å². The molecule has 3 rings (SSSR count). The summed E-state index contributed by atoms with van der Waals surface area (Å²) in [6.45, 7) is 1.87. The van der Waals surface area contributed by atoms with E-state index in [4.69, 9.17) is 4.18 Å². The van der Waals surface area contributed by atoms with Crippen LogP contribution in [0.5, 0.6) is 5.75 Å². The quantitative estimate of drug-likeness (QED) is 0.388. The largest absolute Gasteiger partial charge is 0.379 e. The van der Waals surface area contributed by atoms with Crippen molar-refractivity contribution in [2.75, 3.05) is 0 Å². The van der Waals surface area contributed by atoms with Crippen LogP contribution in [0.4, 0.5) is 0 Å². The van der Waals surface area contributed by atoms with Crippen molar-refractivity contribution in [3.8, 4) is 5.75 Å². The van der Waals surface area contributed by atoms with Gasteiger partial charge >= 0.3 is 10.1 Å². The maximum absolute atomic E-state index is 12.4. The Morgan fingerprint density at radius 1 is 1.15 bits per heavy atom. The van der Waals surface area contributed by atoms with Crippen LogP contribution < -0.4 is 4.18 Å². The first-order chi connectivity index (χ1) is 12.3. The number of rotatable bonds is 5. The Hall–Kier alpha value is -3.13. The molecule has 26 heavy (non-hydrogen) atoms. The fraction of sp³-hybridized carbons (Fsp3) is 0.111. The molecule has 134 valence electrons. The first-order valence-electron chi connectivity index (χ1n) is 7.68. The van der Waals surface area contributed by atoms with Gasteiger partial charge in [-0.3, -0.25) is 10.1 Å². The Morgan fingerprint density at radius 2 is 1.85 bits per heavy atom. The van der Waals surface area contributed by atoms with Crippen molar-refractivity contribution < 1.29 is 17.5 Å². The van der Waals surface area contributed by atoms with Gasteiger partial charge in [0.15, 0.2) is 0 Å². The van der Waals surface area contributed by atoms with Crippen LogP contribution in [-0.2, 0) is 17.2 Å². The zero-order chi connectivity index (χ0) is 18.9. The van der Waals surface area contributed by atoms with Gasteiger partial charge in [0.05, 0.1) is 10.4 Å². The number of hydrogen-bond acceptors (Lipinski definition) is 5. The molecule has 0 aliphatic carbocycles. The molecule has 1 heterocycles. The average Bonchev–Trinajstić information content (AvgIpc) is 2.89. The molecule has 0 amide bonds. The summed E-state index contributed by atoms with van der Waals surface area (Å²) < 4.78 is 31.8. The van der Waals surface area contributed by atoms with Crippen LogP contribution in [-0.4, -0.2) is 17.9 Å². The van der Waals surface area contributed by atoms with Crippen LogP contribution in [0.2, 0.25) is 0 Å². The minimum Gasteiger partial charge on any atom is -0.379 e. The maximum Gasteiger partial charge on any atom is 0.339 e. The monoisotopic (exact) mass is 372 g/mol. The predicted octanol–water partition coefficient (Wildman–Crippen LogP) is 3.50. The summed E-state index contributed by atoms with van der Waals surface area (Å²) in [5.74, 6) is 0.170. The van der Waals surface area contributed by atoms with Crippen LogP contribution >= 0.6 is 0 Å². The van der Waals surface area contributed by atoms with Crippen LogP contribution in [0.1, 0.15) is 11.1 Å². The van der Waals surface area contributed by atoms with Crippen molar-refractivity contribution in [2.45, 2.75) is 11.8 Å². The lowest BCUT2D eigenvalue weighted by molar-refractivity contribution is -0.400. The van der Waals surface area contributed by atoms with E-state index in [1.807, 2.05) is 6.92 Å². The van der Waals surface area contributed by atoms with Crippen LogP contribution in [0.15, 0.2) is 59.8 Å². The molecule has 0 spiro atoms. The molecular weight excluding hydrogens is 356 g/mol. The lowest BCUT2D eigenvalue weighted by Gasteiger charge is -2.08. The van der Waals surface area contributed by atoms with E-state index in [0.29, 0.717) is 11.1 Å². The number of aryl methyl sites for hydroxylation is 2. The highest BCUT2D eigenvalue weighted by Crippen LogP contribution is 2.28. The van der Waals surface area contributed by atoms with Gasteiger partial charge in [-0.1, -0.05) is 17.7 Å². The first-order valence-corrected chi connectivity index (χ1v) is 9.09. The van der Waals surface area contributed by atoms with Crippen molar-refractivity contribution in [3.63, 3.8) is 0 Å². The number of nitro groups is 1. The number of benzene rings is 2. The first kappa shape index (κ1) is 17.7. The molecule has 0 unspecified atom stereocenters. The summed E-state index contributed by atoms with van der Waals surface area (Å²) >= 11 is 0. The number of fused-ring (bicyclic) bond motifs is 1. The van der Waals surface area contributed by atoms with Crippen LogP contribution in [0.25, 0.3) is 17.0 Å². The summed E-state index contributed by atoms with van der Waals surface area (Å²) in [4.78, 5) is 10.0. The predicted molar refractivity (Wildman–Crippen MR) is 97.9 cm³/mol. The summed E-state index contributed by atoms with van der Waals surface area (Å²) in [5, 5.41) is 11.3. The molecule has 8 heteroatoms. The third-order valence-corrected chi connectivity index (χ3v) is 5.15. The molecule has 0 fully saturated rings. The third-order valence-electron chi connectivity index (χ3n) is 3.88. The molecule has 0 aliphatic rings. The van der Waals surface area contributed by atoms with Gasteiger partial charge in [-0.25, -0.2) is 0 Å². The molecule has 1 aromatic heterocycles. The minimum atomic E-state index is -3.94. The molecule has 0 atom stereocenters. The molecule has 0 bridgehead atoms. The summed E-state index contributed by atoms with van der Waals surface area (Å²) in [5.41, 5.74) is 2.31. The molecule has 7 nitrogen and oxygen atoms in total. The summed E-state index contributed by atoms with van der Waals surface area (Å²) in [6, 6.07) is 11.2. The molecule has 0 radical (unpaired) electrons. The molecule has 0 saturated heterocycles. The van der Waals surface area contributed by atoms with Crippen molar-refractivity contribution in [3.05, 3.63) is 76.1 Å². The van der Waals surface area contributed by atoms with Gasteiger partial charge in [0, 0.05) is 36.3 Å². The van der Waals surface area contributed by atoms with Gasteiger partial charge in [-0.15, -0.1) is 0 Å². The Morgan fingerprint density at radius 3 is 2.50 bits per heavy atom. The van der Waals surface area contributed by atoms with E-state index in [1.165, 1.54) is 24.3 Å². The van der Waals surface area contributed by atoms with E-state index < -0.39 is 15.0 Å². The van der Waals surface area contributed by atoms with Crippen molar-refractivity contribution in [2.24, 2.45) is 7.05 Å². The number of aromatic nitrogens is 1. The number of nitrogens with zero attached hydrogens (tertiary/aromatic N) is 2. The normalized spacial score (nSPS) is 11.9. The Labute approximate surface area is 150 Å². The Bertz CT molecular complexity index is 1110. The van der Waals surface area contributed by atoms with Gasteiger partial charge in [0.2, 0.25) is 6.20 Å². The summed E-state index contributed by atoms with van der Waals surface area (Å²) in [6.07, 6.45) is 3.98. The summed E-state index contributed by atoms with van der Waals surface area (Å²) in [7, 11) is -2.17. The standard InChI is InChI=1S/C18H16N2O5S/c1-13-3-6-16(7-4-13)26(23,24)25-15-5-8-17-14(9-10-20(21)22)12-19(2)18(17)11-15/h3-12H,1-2H3/b10-9+. The molecule has 0 aliphatic heterocycles. The zero-order valence-electron chi connectivity index (χ0n) is 14.1. The van der Waals surface area contributed by atoms with Crippen molar-refractivity contribution in [1.29, 1.82) is 0 Å². The highest BCUT2D eigenvalue weighted by atomic mass is 32.2. The SMILES string of the molecule is Cc1ccc(S(=O)(=O)Oc2ccc3c(/C=C/[N+](=O)[O-])cn(C)c3c2)cc1. The van der Waals surface area contributed by atoms with Gasteiger partial charge in [-0.05, 0) is 31.2 Å². The van der Waals surface area contributed by atoms with Crippen LogP contribution in [0, 0.1) is 17.0 Å². The van der Waals surface area contributed by atoms with Gasteiger partial charge in [0.1, 0.15) is 10.6 Å². The fourth-order valence-electron chi connectivity index (χ4n) is 2.60. The van der Waals surface area contributed by atoms with Gasteiger partial charge < -0.3 is 8.75 Å². The van der Waals surface area contributed by atoms with Crippen molar-refractivity contribution in [1.82, 2.24) is 4.57 Å². The smallest absolute Gasteiger partial charge is 0.339 e. The zero-order valence-corrected chi connectivity index (χ0v) is 14.9. The second-order valence-electron chi connectivity index (χ2n) is 5.83. The van der Waals surface area contributed by atoms with E-state index in [1.54, 1.807) is 42.1 Å². The van der Waals surface area contributed by atoms with Crippen molar-refractivity contribution >= 4 is 27.1 Å². The molecule has 0 saturated carbocycles.